The Morgan fingerprint density at radius 2 is 1.95 bits per heavy atom. The molecule has 1 N–H and O–H groups in total. The van der Waals surface area contributed by atoms with Crippen LogP contribution in [0.1, 0.15) is 52.2 Å². The van der Waals surface area contributed by atoms with E-state index >= 15 is 0 Å². The van der Waals surface area contributed by atoms with Crippen LogP contribution in [0, 0.1) is 0 Å². The molecule has 3 nitrogen and oxygen atoms in total. The quantitative estimate of drug-likeness (QED) is 0.788. The van der Waals surface area contributed by atoms with E-state index in [0.717, 1.165) is 25.3 Å². The minimum atomic E-state index is 0.192. The van der Waals surface area contributed by atoms with Gasteiger partial charge in [-0.3, -0.25) is 4.90 Å². The lowest BCUT2D eigenvalue weighted by Crippen LogP contribution is -2.39. The molecule has 3 heteroatoms. The van der Waals surface area contributed by atoms with Gasteiger partial charge in [0.05, 0.1) is 7.11 Å². The predicted octanol–water partition coefficient (Wildman–Crippen LogP) is 3.81. The highest BCUT2D eigenvalue weighted by Gasteiger charge is 2.22. The van der Waals surface area contributed by atoms with Crippen LogP contribution in [-0.4, -0.2) is 30.6 Å². The van der Waals surface area contributed by atoms with Gasteiger partial charge < -0.3 is 10.1 Å². The Morgan fingerprint density at radius 3 is 2.48 bits per heavy atom. The van der Waals surface area contributed by atoms with Crippen LogP contribution in [0.25, 0.3) is 0 Å². The lowest BCUT2D eigenvalue weighted by molar-refractivity contribution is 0.141. The zero-order chi connectivity index (χ0) is 16.0. The Bertz CT molecular complexity index is 441. The third-order valence-electron chi connectivity index (χ3n) is 4.37. The van der Waals surface area contributed by atoms with Crippen molar-refractivity contribution < 1.29 is 4.74 Å². The Morgan fingerprint density at radius 1 is 1.29 bits per heavy atom. The van der Waals surface area contributed by atoms with E-state index in [4.69, 9.17) is 4.74 Å². The maximum atomic E-state index is 5.53. The van der Waals surface area contributed by atoms with Crippen LogP contribution in [0.3, 0.4) is 0 Å². The molecule has 0 fully saturated rings. The molecule has 0 aliphatic rings. The molecular weight excluding hydrogens is 260 g/mol. The molecule has 1 aromatic carbocycles. The van der Waals surface area contributed by atoms with Crippen molar-refractivity contribution in [3.63, 3.8) is 0 Å². The summed E-state index contributed by atoms with van der Waals surface area (Å²) in [6, 6.07) is 6.98. The molecule has 0 heterocycles. The summed E-state index contributed by atoms with van der Waals surface area (Å²) in [4.78, 5) is 2.39. The van der Waals surface area contributed by atoms with Crippen molar-refractivity contribution >= 4 is 0 Å². The van der Waals surface area contributed by atoms with Gasteiger partial charge in [-0.1, -0.05) is 26.8 Å². The highest BCUT2D eigenvalue weighted by Crippen LogP contribution is 2.25. The molecule has 0 aromatic heterocycles. The van der Waals surface area contributed by atoms with Gasteiger partial charge in [0, 0.05) is 30.2 Å². The number of methoxy groups -OCH3 is 1. The third kappa shape index (κ3) is 5.33. The smallest absolute Gasteiger partial charge is 0.123 e. The van der Waals surface area contributed by atoms with Crippen molar-refractivity contribution in [2.24, 2.45) is 0 Å². The Balaban J connectivity index is 2.90. The lowest BCUT2D eigenvalue weighted by atomic mass is 9.98. The normalized spacial score (nSPS) is 12.2. The first-order valence-corrected chi connectivity index (χ1v) is 7.90. The van der Waals surface area contributed by atoms with E-state index in [2.05, 4.69) is 70.1 Å². The highest BCUT2D eigenvalue weighted by atomic mass is 16.5. The standard InChI is InChI=1S/C18H32N2O/c1-8-18(4,5)20(6)13-16-11-15(12-19-14(2)3)9-10-17(16)21-7/h9-11,14,19H,8,12-13H2,1-7H3. The van der Waals surface area contributed by atoms with Crippen molar-refractivity contribution in [2.75, 3.05) is 14.2 Å². The average Bonchev–Trinajstić information content (AvgIpc) is 2.45. The summed E-state index contributed by atoms with van der Waals surface area (Å²) in [5.74, 6) is 0.974. The maximum absolute atomic E-state index is 5.53. The zero-order valence-corrected chi connectivity index (χ0v) is 14.8. The van der Waals surface area contributed by atoms with Gasteiger partial charge in [0.25, 0.3) is 0 Å². The van der Waals surface area contributed by atoms with Crippen LogP contribution in [0.4, 0.5) is 0 Å². The van der Waals surface area contributed by atoms with Crippen LogP contribution >= 0.6 is 0 Å². The molecule has 21 heavy (non-hydrogen) atoms. The molecule has 0 saturated carbocycles. The molecule has 0 spiro atoms. The van der Waals surface area contributed by atoms with Gasteiger partial charge in [-0.2, -0.15) is 0 Å². The van der Waals surface area contributed by atoms with Crippen LogP contribution in [-0.2, 0) is 13.1 Å². The number of hydrogen-bond donors (Lipinski definition) is 1. The second-order valence-electron chi connectivity index (χ2n) is 6.70. The first kappa shape index (κ1) is 18.0. The number of nitrogens with one attached hydrogen (secondary N) is 1. The fourth-order valence-corrected chi connectivity index (χ4v) is 2.13. The van der Waals surface area contributed by atoms with Gasteiger partial charge in [0.1, 0.15) is 5.75 Å². The third-order valence-corrected chi connectivity index (χ3v) is 4.37. The second-order valence-corrected chi connectivity index (χ2v) is 6.70. The Kier molecular flexibility index (Phi) is 6.69. The van der Waals surface area contributed by atoms with Crippen molar-refractivity contribution in [3.05, 3.63) is 29.3 Å². The SMILES string of the molecule is CCC(C)(C)N(C)Cc1cc(CNC(C)C)ccc1OC. The molecule has 0 aliphatic heterocycles. The number of hydrogen-bond acceptors (Lipinski definition) is 3. The lowest BCUT2D eigenvalue weighted by Gasteiger charge is -2.35. The summed E-state index contributed by atoms with van der Waals surface area (Å²) in [5, 5.41) is 3.47. The molecule has 0 atom stereocenters. The van der Waals surface area contributed by atoms with Crippen LogP contribution in [0.15, 0.2) is 18.2 Å². The van der Waals surface area contributed by atoms with Gasteiger partial charge in [-0.05, 0) is 45.0 Å². The molecule has 1 rings (SSSR count). The van der Waals surface area contributed by atoms with Crippen LogP contribution in [0.5, 0.6) is 5.75 Å². The van der Waals surface area contributed by atoms with Crippen molar-refractivity contribution in [1.82, 2.24) is 10.2 Å². The van der Waals surface area contributed by atoms with Gasteiger partial charge in [0.2, 0.25) is 0 Å². The van der Waals surface area contributed by atoms with E-state index in [0.29, 0.717) is 6.04 Å². The minimum absolute atomic E-state index is 0.192. The number of benzene rings is 1. The molecule has 0 amide bonds. The van der Waals surface area contributed by atoms with Crippen molar-refractivity contribution in [3.8, 4) is 5.75 Å². The van der Waals surface area contributed by atoms with E-state index in [9.17, 15) is 0 Å². The summed E-state index contributed by atoms with van der Waals surface area (Å²) in [7, 11) is 3.93. The predicted molar refractivity (Wildman–Crippen MR) is 90.8 cm³/mol. The van der Waals surface area contributed by atoms with Crippen molar-refractivity contribution in [1.29, 1.82) is 0 Å². The molecule has 1 aromatic rings. The number of ether oxygens (including phenoxy) is 1. The molecule has 0 aliphatic carbocycles. The number of rotatable bonds is 8. The first-order chi connectivity index (χ1) is 9.80. The number of nitrogens with zero attached hydrogens (tertiary/aromatic N) is 1. The van der Waals surface area contributed by atoms with E-state index in [-0.39, 0.29) is 5.54 Å². The average molecular weight is 292 g/mol. The Labute approximate surface area is 130 Å². The van der Waals surface area contributed by atoms with E-state index in [1.165, 1.54) is 11.1 Å². The summed E-state index contributed by atoms with van der Waals surface area (Å²) in [6.07, 6.45) is 1.13. The molecular formula is C18H32N2O. The first-order valence-electron chi connectivity index (χ1n) is 7.90. The summed E-state index contributed by atoms with van der Waals surface area (Å²) in [6.45, 7) is 12.9. The molecule has 0 bridgehead atoms. The van der Waals surface area contributed by atoms with Gasteiger partial charge in [-0.15, -0.1) is 0 Å². The summed E-state index contributed by atoms with van der Waals surface area (Å²) >= 11 is 0. The molecule has 0 unspecified atom stereocenters. The summed E-state index contributed by atoms with van der Waals surface area (Å²) < 4.78 is 5.53. The summed E-state index contributed by atoms with van der Waals surface area (Å²) in [5.41, 5.74) is 2.75. The van der Waals surface area contributed by atoms with Gasteiger partial charge in [-0.25, -0.2) is 0 Å². The molecule has 0 saturated heterocycles. The largest absolute Gasteiger partial charge is 0.496 e. The second kappa shape index (κ2) is 7.81. The molecule has 0 radical (unpaired) electrons. The fraction of sp³-hybridized carbons (Fsp3) is 0.667. The van der Waals surface area contributed by atoms with E-state index in [1.54, 1.807) is 7.11 Å². The fourth-order valence-electron chi connectivity index (χ4n) is 2.13. The Hall–Kier alpha value is -1.06. The van der Waals surface area contributed by atoms with E-state index < -0.39 is 0 Å². The van der Waals surface area contributed by atoms with Crippen LogP contribution in [0.2, 0.25) is 0 Å². The van der Waals surface area contributed by atoms with Crippen LogP contribution < -0.4 is 10.1 Å². The van der Waals surface area contributed by atoms with Crippen molar-refractivity contribution in [2.45, 2.75) is 65.7 Å². The van der Waals surface area contributed by atoms with Gasteiger partial charge >= 0.3 is 0 Å². The minimum Gasteiger partial charge on any atom is -0.496 e. The van der Waals surface area contributed by atoms with Gasteiger partial charge in [0.15, 0.2) is 0 Å². The maximum Gasteiger partial charge on any atom is 0.123 e. The topological polar surface area (TPSA) is 24.5 Å². The molecule has 120 valence electrons. The highest BCUT2D eigenvalue weighted by molar-refractivity contribution is 5.37. The van der Waals surface area contributed by atoms with E-state index in [1.807, 2.05) is 0 Å². The monoisotopic (exact) mass is 292 g/mol. The zero-order valence-electron chi connectivity index (χ0n) is 14.8.